The third kappa shape index (κ3) is 3.41. The highest BCUT2D eigenvalue weighted by molar-refractivity contribution is 5.95. The lowest BCUT2D eigenvalue weighted by atomic mass is 9.60. The van der Waals surface area contributed by atoms with Crippen molar-refractivity contribution in [1.82, 2.24) is 5.32 Å². The zero-order valence-electron chi connectivity index (χ0n) is 16.7. The van der Waals surface area contributed by atoms with Crippen LogP contribution in [0.15, 0.2) is 42.2 Å². The SMILES string of the molecule is CNC(=O)C1=CC(C(N)=O)([C@H]2CC[C@@H](O)[C@H](C)C2)C([C@H](C)c2ccccc2)O1. The number of carbonyl (C=O) groups is 2. The van der Waals surface area contributed by atoms with Crippen molar-refractivity contribution >= 4 is 11.8 Å². The van der Waals surface area contributed by atoms with E-state index in [9.17, 15) is 14.7 Å². The lowest BCUT2D eigenvalue weighted by Crippen LogP contribution is -2.52. The van der Waals surface area contributed by atoms with E-state index in [-0.39, 0.29) is 35.5 Å². The first-order valence-corrected chi connectivity index (χ1v) is 9.95. The number of carbonyl (C=O) groups excluding carboxylic acids is 2. The fraction of sp³-hybridized carbons (Fsp3) is 0.545. The molecule has 1 saturated carbocycles. The van der Waals surface area contributed by atoms with Gasteiger partial charge in [0.15, 0.2) is 5.76 Å². The van der Waals surface area contributed by atoms with Gasteiger partial charge in [0.25, 0.3) is 5.91 Å². The molecule has 0 saturated heterocycles. The molecule has 1 aromatic carbocycles. The van der Waals surface area contributed by atoms with Crippen LogP contribution in [-0.4, -0.2) is 36.2 Å². The average Bonchev–Trinajstić information content (AvgIpc) is 3.11. The standard InChI is InChI=1S/C22H30N2O4/c1-13-11-16(9-10-17(13)25)22(21(23)27)12-18(20(26)24-3)28-19(22)14(2)15-7-5-4-6-8-15/h4-8,12-14,16-17,19,25H,9-11H2,1-3H3,(H2,23,27)(H,24,26)/t13-,14-,16+,17-,19?,22?/m1/s1. The summed E-state index contributed by atoms with van der Waals surface area (Å²) in [6, 6.07) is 9.80. The van der Waals surface area contributed by atoms with Gasteiger partial charge in [-0.3, -0.25) is 9.59 Å². The summed E-state index contributed by atoms with van der Waals surface area (Å²) in [6.07, 6.45) is 2.61. The second-order valence-electron chi connectivity index (χ2n) is 8.18. The minimum Gasteiger partial charge on any atom is -0.483 e. The first kappa shape index (κ1) is 20.4. The number of primary amides is 1. The van der Waals surface area contributed by atoms with Gasteiger partial charge < -0.3 is 20.9 Å². The predicted molar refractivity (Wildman–Crippen MR) is 106 cm³/mol. The van der Waals surface area contributed by atoms with Crippen LogP contribution in [0.25, 0.3) is 0 Å². The molecule has 4 N–H and O–H groups in total. The summed E-state index contributed by atoms with van der Waals surface area (Å²) in [5.41, 5.74) is 5.93. The molecule has 6 heteroatoms. The molecular formula is C22H30N2O4. The van der Waals surface area contributed by atoms with E-state index >= 15 is 0 Å². The van der Waals surface area contributed by atoms with E-state index in [1.54, 1.807) is 6.08 Å². The number of hydrogen-bond acceptors (Lipinski definition) is 4. The van der Waals surface area contributed by atoms with Gasteiger partial charge in [-0.15, -0.1) is 0 Å². The lowest BCUT2D eigenvalue weighted by Gasteiger charge is -2.44. The Morgan fingerprint density at radius 2 is 1.96 bits per heavy atom. The summed E-state index contributed by atoms with van der Waals surface area (Å²) in [6.45, 7) is 3.99. The fourth-order valence-corrected chi connectivity index (χ4v) is 4.83. The number of rotatable bonds is 5. The summed E-state index contributed by atoms with van der Waals surface area (Å²) < 4.78 is 6.11. The Kier molecular flexibility index (Phi) is 5.79. The van der Waals surface area contributed by atoms with Crippen molar-refractivity contribution in [1.29, 1.82) is 0 Å². The monoisotopic (exact) mass is 386 g/mol. The van der Waals surface area contributed by atoms with Gasteiger partial charge in [0.05, 0.1) is 6.10 Å². The van der Waals surface area contributed by atoms with Crippen molar-refractivity contribution in [2.45, 2.75) is 51.2 Å². The van der Waals surface area contributed by atoms with E-state index in [1.165, 1.54) is 7.05 Å². The number of nitrogens with two attached hydrogens (primary N) is 1. The van der Waals surface area contributed by atoms with Crippen LogP contribution in [0.5, 0.6) is 0 Å². The maximum atomic E-state index is 12.9. The van der Waals surface area contributed by atoms with Gasteiger partial charge in [-0.2, -0.15) is 0 Å². The topological polar surface area (TPSA) is 102 Å². The van der Waals surface area contributed by atoms with Crippen LogP contribution in [0, 0.1) is 17.3 Å². The molecule has 1 heterocycles. The van der Waals surface area contributed by atoms with Crippen LogP contribution in [0.3, 0.4) is 0 Å². The van der Waals surface area contributed by atoms with E-state index in [0.29, 0.717) is 19.3 Å². The zero-order chi connectivity index (χ0) is 20.5. The van der Waals surface area contributed by atoms with Gasteiger partial charge in [0, 0.05) is 13.0 Å². The highest BCUT2D eigenvalue weighted by Crippen LogP contribution is 2.52. The molecular weight excluding hydrogens is 356 g/mol. The number of aliphatic hydroxyl groups excluding tert-OH is 1. The molecule has 1 aromatic rings. The van der Waals surface area contributed by atoms with Gasteiger partial charge in [0.1, 0.15) is 11.5 Å². The Bertz CT molecular complexity index is 763. The van der Waals surface area contributed by atoms with E-state index in [2.05, 4.69) is 5.32 Å². The molecule has 0 aromatic heterocycles. The van der Waals surface area contributed by atoms with Gasteiger partial charge in [-0.1, -0.05) is 44.2 Å². The molecule has 1 fully saturated rings. The second-order valence-corrected chi connectivity index (χ2v) is 8.18. The minimum atomic E-state index is -1.09. The lowest BCUT2D eigenvalue weighted by molar-refractivity contribution is -0.138. The zero-order valence-corrected chi connectivity index (χ0v) is 16.7. The minimum absolute atomic E-state index is 0.0557. The third-order valence-corrected chi connectivity index (χ3v) is 6.55. The number of amides is 2. The Hall–Kier alpha value is -2.34. The number of ether oxygens (including phenoxy) is 1. The number of benzene rings is 1. The maximum Gasteiger partial charge on any atom is 0.285 e. The molecule has 0 spiro atoms. The first-order valence-electron chi connectivity index (χ1n) is 9.95. The van der Waals surface area contributed by atoms with Crippen LogP contribution in [0.1, 0.15) is 44.6 Å². The van der Waals surface area contributed by atoms with Gasteiger partial charge >= 0.3 is 0 Å². The van der Waals surface area contributed by atoms with Crippen LogP contribution in [0.4, 0.5) is 0 Å². The molecule has 2 amide bonds. The molecule has 1 aliphatic heterocycles. The van der Waals surface area contributed by atoms with E-state index in [1.807, 2.05) is 44.2 Å². The van der Waals surface area contributed by atoms with Crippen LogP contribution in [0.2, 0.25) is 0 Å². The fourth-order valence-electron chi connectivity index (χ4n) is 4.83. The molecule has 152 valence electrons. The van der Waals surface area contributed by atoms with Crippen molar-refractivity contribution in [3.63, 3.8) is 0 Å². The van der Waals surface area contributed by atoms with Gasteiger partial charge in [0.2, 0.25) is 5.91 Å². The molecule has 0 radical (unpaired) electrons. The molecule has 2 aliphatic rings. The molecule has 6 atom stereocenters. The van der Waals surface area contributed by atoms with Crippen LogP contribution in [-0.2, 0) is 14.3 Å². The van der Waals surface area contributed by atoms with Crippen LogP contribution < -0.4 is 11.1 Å². The molecule has 3 rings (SSSR count). The van der Waals surface area contributed by atoms with E-state index < -0.39 is 17.4 Å². The first-order chi connectivity index (χ1) is 13.3. The number of likely N-dealkylation sites (N-methyl/N-ethyl adjacent to an activating group) is 1. The van der Waals surface area contributed by atoms with E-state index in [4.69, 9.17) is 10.5 Å². The molecule has 0 bridgehead atoms. The smallest absolute Gasteiger partial charge is 0.285 e. The van der Waals surface area contributed by atoms with Gasteiger partial charge in [-0.25, -0.2) is 0 Å². The summed E-state index contributed by atoms with van der Waals surface area (Å²) in [7, 11) is 1.53. The van der Waals surface area contributed by atoms with Crippen molar-refractivity contribution in [2.24, 2.45) is 23.0 Å². The highest BCUT2D eigenvalue weighted by atomic mass is 16.5. The third-order valence-electron chi connectivity index (χ3n) is 6.55. The summed E-state index contributed by atoms with van der Waals surface area (Å²) in [5.74, 6) is -0.881. The largest absolute Gasteiger partial charge is 0.483 e. The molecule has 1 aliphatic carbocycles. The normalized spacial score (nSPS) is 33.5. The number of hydrogen-bond donors (Lipinski definition) is 3. The molecule has 28 heavy (non-hydrogen) atoms. The Morgan fingerprint density at radius 1 is 1.29 bits per heavy atom. The summed E-state index contributed by atoms with van der Waals surface area (Å²) in [5, 5.41) is 12.7. The number of nitrogens with one attached hydrogen (secondary N) is 1. The Labute approximate surface area is 166 Å². The number of aliphatic hydroxyl groups is 1. The summed E-state index contributed by atoms with van der Waals surface area (Å²) >= 11 is 0. The van der Waals surface area contributed by atoms with Crippen molar-refractivity contribution in [3.8, 4) is 0 Å². The Balaban J connectivity index is 2.06. The van der Waals surface area contributed by atoms with Crippen molar-refractivity contribution in [3.05, 3.63) is 47.7 Å². The maximum absolute atomic E-state index is 12.9. The van der Waals surface area contributed by atoms with Crippen LogP contribution >= 0.6 is 0 Å². The van der Waals surface area contributed by atoms with Gasteiger partial charge in [-0.05, 0) is 42.7 Å². The average molecular weight is 386 g/mol. The predicted octanol–water partition coefficient (Wildman–Crippen LogP) is 2.09. The van der Waals surface area contributed by atoms with E-state index in [0.717, 1.165) is 5.56 Å². The van der Waals surface area contributed by atoms with Crippen molar-refractivity contribution in [2.75, 3.05) is 7.05 Å². The molecule has 6 nitrogen and oxygen atoms in total. The van der Waals surface area contributed by atoms with Crippen molar-refractivity contribution < 1.29 is 19.4 Å². The second kappa shape index (κ2) is 7.95. The highest BCUT2D eigenvalue weighted by Gasteiger charge is 2.57. The Morgan fingerprint density at radius 3 is 2.54 bits per heavy atom. The molecule has 2 unspecified atom stereocenters. The quantitative estimate of drug-likeness (QED) is 0.721. The summed E-state index contributed by atoms with van der Waals surface area (Å²) in [4.78, 5) is 25.2.